The monoisotopic (exact) mass is 348 g/mol. The number of nitrogens with one attached hydrogen (secondary N) is 2. The molecule has 0 amide bonds. The Hall–Kier alpha value is -2.66. The Morgan fingerprint density at radius 3 is 2.85 bits per heavy atom. The maximum absolute atomic E-state index is 5.72. The lowest BCUT2D eigenvalue weighted by Crippen LogP contribution is -2.19. The first-order chi connectivity index (χ1) is 12.7. The molecule has 0 aliphatic carbocycles. The van der Waals surface area contributed by atoms with E-state index in [-0.39, 0.29) is 6.10 Å². The maximum Gasteiger partial charge on any atom is 0.229 e. The molecule has 2 heterocycles. The van der Waals surface area contributed by atoms with Gasteiger partial charge < -0.3 is 15.4 Å². The van der Waals surface area contributed by atoms with Crippen LogP contribution in [0, 0.1) is 13.8 Å². The molecule has 1 fully saturated rings. The predicted molar refractivity (Wildman–Crippen MR) is 106 cm³/mol. The zero-order valence-electron chi connectivity index (χ0n) is 15.2. The smallest absolute Gasteiger partial charge is 0.229 e. The van der Waals surface area contributed by atoms with Crippen LogP contribution in [-0.2, 0) is 4.74 Å². The Bertz CT molecular complexity index is 919. The van der Waals surface area contributed by atoms with Crippen molar-refractivity contribution in [1.82, 2.24) is 9.97 Å². The van der Waals surface area contributed by atoms with Gasteiger partial charge in [0.15, 0.2) is 0 Å². The fraction of sp³-hybridized carbons (Fsp3) is 0.333. The number of anilines is 3. The number of benzene rings is 2. The van der Waals surface area contributed by atoms with E-state index in [2.05, 4.69) is 53.7 Å². The van der Waals surface area contributed by atoms with Crippen molar-refractivity contribution in [3.8, 4) is 0 Å². The summed E-state index contributed by atoms with van der Waals surface area (Å²) >= 11 is 0. The summed E-state index contributed by atoms with van der Waals surface area (Å²) in [4.78, 5) is 9.43. The molecule has 1 aromatic heterocycles. The van der Waals surface area contributed by atoms with Crippen LogP contribution in [0.1, 0.15) is 24.0 Å². The summed E-state index contributed by atoms with van der Waals surface area (Å²) in [5, 5.41) is 7.87. The molecule has 0 bridgehead atoms. The summed E-state index contributed by atoms with van der Waals surface area (Å²) in [6.07, 6.45) is 2.50. The van der Waals surface area contributed by atoms with Crippen LogP contribution in [0.5, 0.6) is 0 Å². The Kier molecular flexibility index (Phi) is 4.71. The van der Waals surface area contributed by atoms with Crippen LogP contribution in [0.25, 0.3) is 10.9 Å². The third-order valence-corrected chi connectivity index (χ3v) is 4.76. The van der Waals surface area contributed by atoms with Gasteiger partial charge in [0.1, 0.15) is 5.82 Å². The summed E-state index contributed by atoms with van der Waals surface area (Å²) < 4.78 is 5.72. The van der Waals surface area contributed by atoms with E-state index in [9.17, 15) is 0 Å². The Morgan fingerprint density at radius 1 is 1.12 bits per heavy atom. The van der Waals surface area contributed by atoms with Crippen molar-refractivity contribution in [3.05, 3.63) is 53.6 Å². The molecule has 0 saturated carbocycles. The van der Waals surface area contributed by atoms with Gasteiger partial charge in [0, 0.05) is 24.2 Å². The first-order valence-corrected chi connectivity index (χ1v) is 9.15. The minimum absolute atomic E-state index is 0.263. The van der Waals surface area contributed by atoms with E-state index >= 15 is 0 Å². The Labute approximate surface area is 153 Å². The lowest BCUT2D eigenvalue weighted by atomic mass is 10.1. The van der Waals surface area contributed by atoms with E-state index < -0.39 is 0 Å². The van der Waals surface area contributed by atoms with Crippen molar-refractivity contribution in [2.45, 2.75) is 32.8 Å². The minimum Gasteiger partial charge on any atom is -0.376 e. The molecule has 4 rings (SSSR count). The van der Waals surface area contributed by atoms with Gasteiger partial charge in [-0.2, -0.15) is 4.98 Å². The third kappa shape index (κ3) is 3.63. The summed E-state index contributed by atoms with van der Waals surface area (Å²) in [6.45, 7) is 5.79. The molecule has 1 unspecified atom stereocenters. The molecule has 26 heavy (non-hydrogen) atoms. The standard InChI is InChI=1S/C21H24N4O/c1-14-9-10-15(2)19(12-14)24-21-23-18-8-4-3-7-17(18)20(25-21)22-13-16-6-5-11-26-16/h3-4,7-10,12,16H,5-6,11,13H2,1-2H3,(H2,22,23,24,25). The van der Waals surface area contributed by atoms with E-state index in [0.29, 0.717) is 5.95 Å². The molecule has 1 aliphatic rings. The summed E-state index contributed by atoms with van der Waals surface area (Å²) in [5.74, 6) is 1.45. The number of para-hydroxylation sites is 1. The molecule has 2 aromatic carbocycles. The van der Waals surface area contributed by atoms with Crippen LogP contribution in [0.2, 0.25) is 0 Å². The number of fused-ring (bicyclic) bond motifs is 1. The highest BCUT2D eigenvalue weighted by atomic mass is 16.5. The topological polar surface area (TPSA) is 59.1 Å². The molecule has 2 N–H and O–H groups in total. The number of hydrogen-bond donors (Lipinski definition) is 2. The zero-order chi connectivity index (χ0) is 17.9. The van der Waals surface area contributed by atoms with Gasteiger partial charge in [-0.05, 0) is 56.0 Å². The van der Waals surface area contributed by atoms with Crippen LogP contribution in [0.4, 0.5) is 17.5 Å². The average Bonchev–Trinajstić information content (AvgIpc) is 3.16. The number of aryl methyl sites for hydroxylation is 2. The highest BCUT2D eigenvalue weighted by Crippen LogP contribution is 2.26. The van der Waals surface area contributed by atoms with Gasteiger partial charge in [0.05, 0.1) is 11.6 Å². The molecular formula is C21H24N4O. The first kappa shape index (κ1) is 16.8. The van der Waals surface area contributed by atoms with Gasteiger partial charge in [0.2, 0.25) is 5.95 Å². The highest BCUT2D eigenvalue weighted by molar-refractivity contribution is 5.90. The second-order valence-corrected chi connectivity index (χ2v) is 6.87. The van der Waals surface area contributed by atoms with Crippen molar-refractivity contribution in [2.24, 2.45) is 0 Å². The maximum atomic E-state index is 5.72. The Morgan fingerprint density at radius 2 is 2.00 bits per heavy atom. The van der Waals surface area contributed by atoms with Gasteiger partial charge in [-0.1, -0.05) is 24.3 Å². The van der Waals surface area contributed by atoms with Crippen molar-refractivity contribution in [2.75, 3.05) is 23.8 Å². The molecule has 1 atom stereocenters. The summed E-state index contributed by atoms with van der Waals surface area (Å²) in [5.41, 5.74) is 4.33. The molecule has 5 heteroatoms. The lowest BCUT2D eigenvalue weighted by Gasteiger charge is -2.15. The molecule has 5 nitrogen and oxygen atoms in total. The van der Waals surface area contributed by atoms with Crippen molar-refractivity contribution in [3.63, 3.8) is 0 Å². The van der Waals surface area contributed by atoms with E-state index in [1.165, 1.54) is 11.1 Å². The second-order valence-electron chi connectivity index (χ2n) is 6.87. The molecular weight excluding hydrogens is 324 g/mol. The van der Waals surface area contributed by atoms with Crippen LogP contribution in [-0.4, -0.2) is 29.2 Å². The van der Waals surface area contributed by atoms with Crippen molar-refractivity contribution >= 4 is 28.4 Å². The van der Waals surface area contributed by atoms with Crippen molar-refractivity contribution in [1.29, 1.82) is 0 Å². The molecule has 0 radical (unpaired) electrons. The van der Waals surface area contributed by atoms with E-state index in [1.807, 2.05) is 18.2 Å². The SMILES string of the molecule is Cc1ccc(C)c(Nc2nc(NCC3CCCO3)c3ccccc3n2)c1. The van der Waals surface area contributed by atoms with Gasteiger partial charge in [-0.15, -0.1) is 0 Å². The summed E-state index contributed by atoms with van der Waals surface area (Å²) in [6, 6.07) is 14.4. The number of ether oxygens (including phenoxy) is 1. The van der Waals surface area contributed by atoms with Crippen LogP contribution >= 0.6 is 0 Å². The molecule has 3 aromatic rings. The fourth-order valence-corrected chi connectivity index (χ4v) is 3.27. The molecule has 1 aliphatic heterocycles. The van der Waals surface area contributed by atoms with Crippen LogP contribution in [0.3, 0.4) is 0 Å². The summed E-state index contributed by atoms with van der Waals surface area (Å²) in [7, 11) is 0. The molecule has 0 spiro atoms. The number of rotatable bonds is 5. The van der Waals surface area contributed by atoms with Gasteiger partial charge in [0.25, 0.3) is 0 Å². The minimum atomic E-state index is 0.263. The van der Waals surface area contributed by atoms with Gasteiger partial charge in [-0.25, -0.2) is 4.98 Å². The second kappa shape index (κ2) is 7.30. The number of nitrogens with zero attached hydrogens (tertiary/aromatic N) is 2. The van der Waals surface area contributed by atoms with E-state index in [4.69, 9.17) is 9.72 Å². The Balaban J connectivity index is 1.65. The average molecular weight is 348 g/mol. The van der Waals surface area contributed by atoms with E-state index in [0.717, 1.165) is 48.4 Å². The third-order valence-electron chi connectivity index (χ3n) is 4.76. The van der Waals surface area contributed by atoms with E-state index in [1.54, 1.807) is 0 Å². The normalized spacial score (nSPS) is 16.8. The quantitative estimate of drug-likeness (QED) is 0.707. The fourth-order valence-electron chi connectivity index (χ4n) is 3.27. The van der Waals surface area contributed by atoms with Gasteiger partial charge in [-0.3, -0.25) is 0 Å². The largest absolute Gasteiger partial charge is 0.376 e. The van der Waals surface area contributed by atoms with Crippen molar-refractivity contribution < 1.29 is 4.74 Å². The zero-order valence-corrected chi connectivity index (χ0v) is 15.2. The number of aromatic nitrogens is 2. The predicted octanol–water partition coefficient (Wildman–Crippen LogP) is 4.58. The lowest BCUT2D eigenvalue weighted by molar-refractivity contribution is 0.120. The molecule has 134 valence electrons. The van der Waals surface area contributed by atoms with Gasteiger partial charge >= 0.3 is 0 Å². The molecule has 1 saturated heterocycles. The highest BCUT2D eigenvalue weighted by Gasteiger charge is 2.16. The first-order valence-electron chi connectivity index (χ1n) is 9.15. The van der Waals surface area contributed by atoms with Crippen LogP contribution < -0.4 is 10.6 Å². The van der Waals surface area contributed by atoms with Crippen LogP contribution in [0.15, 0.2) is 42.5 Å². The number of hydrogen-bond acceptors (Lipinski definition) is 5.